The fourth-order valence-electron chi connectivity index (χ4n) is 3.94. The van der Waals surface area contributed by atoms with Crippen LogP contribution in [0.5, 0.6) is 0 Å². The van der Waals surface area contributed by atoms with Crippen LogP contribution in [0.1, 0.15) is 36.6 Å². The van der Waals surface area contributed by atoms with Gasteiger partial charge in [-0.25, -0.2) is 9.67 Å². The highest BCUT2D eigenvalue weighted by atomic mass is 16.1. The second kappa shape index (κ2) is 5.54. The molecule has 0 unspecified atom stereocenters. The lowest BCUT2D eigenvalue weighted by atomic mass is 10.0. The Labute approximate surface area is 144 Å². The quantitative estimate of drug-likeness (QED) is 0.822. The van der Waals surface area contributed by atoms with Crippen molar-refractivity contribution in [2.24, 2.45) is 5.92 Å². The number of rotatable bonds is 4. The van der Waals surface area contributed by atoms with Crippen LogP contribution < -0.4 is 16.0 Å². The molecule has 0 spiro atoms. The van der Waals surface area contributed by atoms with Crippen molar-refractivity contribution in [1.82, 2.24) is 19.3 Å². The molecule has 2 aromatic rings. The van der Waals surface area contributed by atoms with E-state index in [-0.39, 0.29) is 11.1 Å². The van der Waals surface area contributed by atoms with Crippen molar-refractivity contribution in [2.45, 2.75) is 44.7 Å². The van der Waals surface area contributed by atoms with Gasteiger partial charge in [-0.3, -0.25) is 9.59 Å². The summed E-state index contributed by atoms with van der Waals surface area (Å²) in [5.41, 5.74) is 2.20. The monoisotopic (exact) mass is 339 g/mol. The Morgan fingerprint density at radius 1 is 1.16 bits per heavy atom. The van der Waals surface area contributed by atoms with Crippen LogP contribution in [0.2, 0.25) is 0 Å². The third-order valence-electron chi connectivity index (χ3n) is 5.50. The molecule has 7 nitrogen and oxygen atoms in total. The molecule has 3 heterocycles. The highest BCUT2D eigenvalue weighted by Gasteiger charge is 2.32. The van der Waals surface area contributed by atoms with Crippen LogP contribution in [-0.2, 0) is 19.4 Å². The van der Waals surface area contributed by atoms with Gasteiger partial charge in [0.1, 0.15) is 0 Å². The van der Waals surface area contributed by atoms with Crippen LogP contribution in [0.25, 0.3) is 0 Å². The molecule has 2 aromatic heterocycles. The third-order valence-corrected chi connectivity index (χ3v) is 5.50. The minimum absolute atomic E-state index is 0.00646. The van der Waals surface area contributed by atoms with Crippen LogP contribution in [-0.4, -0.2) is 32.4 Å². The molecule has 3 aliphatic rings. The minimum Gasteiger partial charge on any atom is -0.351 e. The Kier molecular flexibility index (Phi) is 3.29. The first-order chi connectivity index (χ1) is 12.2. The van der Waals surface area contributed by atoms with E-state index in [1.807, 2.05) is 9.47 Å². The van der Waals surface area contributed by atoms with E-state index in [0.29, 0.717) is 24.3 Å². The number of aromatic nitrogens is 4. The van der Waals surface area contributed by atoms with Crippen molar-refractivity contribution in [3.05, 3.63) is 50.4 Å². The van der Waals surface area contributed by atoms with E-state index < -0.39 is 0 Å². The summed E-state index contributed by atoms with van der Waals surface area (Å²) in [6, 6.07) is 2.11. The predicted molar refractivity (Wildman–Crippen MR) is 93.0 cm³/mol. The maximum atomic E-state index is 12.5. The van der Waals surface area contributed by atoms with Crippen molar-refractivity contribution in [3.8, 4) is 0 Å². The average molecular weight is 339 g/mol. The zero-order valence-corrected chi connectivity index (χ0v) is 14.1. The highest BCUT2D eigenvalue weighted by molar-refractivity contribution is 5.39. The summed E-state index contributed by atoms with van der Waals surface area (Å²) in [6.45, 7) is 2.12. The van der Waals surface area contributed by atoms with Crippen LogP contribution in [0.3, 0.4) is 0 Å². The Morgan fingerprint density at radius 2 is 2.00 bits per heavy atom. The van der Waals surface area contributed by atoms with Crippen LogP contribution >= 0.6 is 0 Å². The van der Waals surface area contributed by atoms with Crippen LogP contribution in [0, 0.1) is 5.92 Å². The lowest BCUT2D eigenvalue weighted by Gasteiger charge is -2.39. The van der Waals surface area contributed by atoms with Gasteiger partial charge < -0.3 is 9.47 Å². The Hall–Kier alpha value is -2.44. The Bertz CT molecular complexity index is 937. The van der Waals surface area contributed by atoms with E-state index in [1.165, 1.54) is 0 Å². The molecule has 1 saturated heterocycles. The summed E-state index contributed by atoms with van der Waals surface area (Å²) in [5, 5.41) is 4.54. The van der Waals surface area contributed by atoms with Gasteiger partial charge in [0.05, 0.1) is 12.2 Å². The van der Waals surface area contributed by atoms with Gasteiger partial charge in [-0.15, -0.1) is 0 Å². The number of nitrogens with zero attached hydrogens (tertiary/aromatic N) is 5. The number of hydrogen-bond donors (Lipinski definition) is 0. The molecule has 130 valence electrons. The van der Waals surface area contributed by atoms with Gasteiger partial charge in [0.2, 0.25) is 0 Å². The Balaban J connectivity index is 1.29. The maximum Gasteiger partial charge on any atom is 0.293 e. The molecule has 0 atom stereocenters. The van der Waals surface area contributed by atoms with Crippen molar-refractivity contribution in [1.29, 1.82) is 0 Å². The van der Waals surface area contributed by atoms with Crippen molar-refractivity contribution >= 4 is 5.82 Å². The molecule has 0 radical (unpaired) electrons. The SMILES string of the molecule is O=c1c(N2CC(Cn3nc4c(cc3=O)CCC4)C2)nccn1C1CC1. The highest BCUT2D eigenvalue weighted by Crippen LogP contribution is 2.33. The molecule has 7 heteroatoms. The molecule has 2 aliphatic carbocycles. The minimum atomic E-state index is -0.00646. The first-order valence-corrected chi connectivity index (χ1v) is 9.11. The van der Waals surface area contributed by atoms with Crippen molar-refractivity contribution in [3.63, 3.8) is 0 Å². The fourth-order valence-corrected chi connectivity index (χ4v) is 3.94. The number of hydrogen-bond acceptors (Lipinski definition) is 5. The molecule has 0 amide bonds. The number of fused-ring (bicyclic) bond motifs is 1. The van der Waals surface area contributed by atoms with E-state index in [1.54, 1.807) is 23.1 Å². The molecule has 2 fully saturated rings. The second-order valence-electron chi connectivity index (χ2n) is 7.46. The van der Waals surface area contributed by atoms with Crippen LogP contribution in [0.15, 0.2) is 28.0 Å². The summed E-state index contributed by atoms with van der Waals surface area (Å²) >= 11 is 0. The first-order valence-electron chi connectivity index (χ1n) is 9.11. The van der Waals surface area contributed by atoms with Gasteiger partial charge in [-0.2, -0.15) is 5.10 Å². The molecule has 0 aromatic carbocycles. The second-order valence-corrected chi connectivity index (χ2v) is 7.46. The van der Waals surface area contributed by atoms with E-state index in [2.05, 4.69) is 10.1 Å². The zero-order valence-electron chi connectivity index (χ0n) is 14.1. The molecule has 1 aliphatic heterocycles. The van der Waals surface area contributed by atoms with Gasteiger partial charge in [-0.1, -0.05) is 0 Å². The summed E-state index contributed by atoms with van der Waals surface area (Å²) in [7, 11) is 0. The topological polar surface area (TPSA) is 73.0 Å². The lowest BCUT2D eigenvalue weighted by molar-refractivity contribution is 0.330. The van der Waals surface area contributed by atoms with Crippen molar-refractivity contribution in [2.75, 3.05) is 18.0 Å². The molecule has 5 rings (SSSR count). The summed E-state index contributed by atoms with van der Waals surface area (Å²) in [5.74, 6) is 0.875. The van der Waals surface area contributed by atoms with Gasteiger partial charge in [0.15, 0.2) is 5.82 Å². The van der Waals surface area contributed by atoms with E-state index in [9.17, 15) is 9.59 Å². The molecular formula is C18H21N5O2. The first kappa shape index (κ1) is 14.9. The predicted octanol–water partition coefficient (Wildman–Crippen LogP) is 0.760. The summed E-state index contributed by atoms with van der Waals surface area (Å²) in [6.07, 6.45) is 8.71. The lowest BCUT2D eigenvalue weighted by Crippen LogP contribution is -2.52. The molecule has 25 heavy (non-hydrogen) atoms. The largest absolute Gasteiger partial charge is 0.351 e. The molecular weight excluding hydrogens is 318 g/mol. The zero-order chi connectivity index (χ0) is 17.0. The Morgan fingerprint density at radius 3 is 2.80 bits per heavy atom. The van der Waals surface area contributed by atoms with E-state index in [4.69, 9.17) is 0 Å². The van der Waals surface area contributed by atoms with Gasteiger partial charge >= 0.3 is 0 Å². The maximum absolute atomic E-state index is 12.5. The summed E-state index contributed by atoms with van der Waals surface area (Å²) in [4.78, 5) is 31.0. The smallest absolute Gasteiger partial charge is 0.293 e. The number of aryl methyl sites for hydroxylation is 2. The summed E-state index contributed by atoms with van der Waals surface area (Å²) < 4.78 is 3.41. The average Bonchev–Trinajstić information content (AvgIpc) is 3.30. The van der Waals surface area contributed by atoms with Gasteiger partial charge in [0, 0.05) is 43.5 Å². The molecule has 0 bridgehead atoms. The molecule has 1 saturated carbocycles. The van der Waals surface area contributed by atoms with E-state index >= 15 is 0 Å². The normalized spacial score (nSPS) is 19.8. The van der Waals surface area contributed by atoms with Gasteiger partial charge in [-0.05, 0) is 37.7 Å². The van der Waals surface area contributed by atoms with Crippen molar-refractivity contribution < 1.29 is 0 Å². The third kappa shape index (κ3) is 2.58. The van der Waals surface area contributed by atoms with Crippen LogP contribution in [0.4, 0.5) is 5.82 Å². The van der Waals surface area contributed by atoms with E-state index in [0.717, 1.165) is 56.5 Å². The number of anilines is 1. The molecule has 0 N–H and O–H groups in total. The van der Waals surface area contributed by atoms with Gasteiger partial charge in [0.25, 0.3) is 11.1 Å². The fraction of sp³-hybridized carbons (Fsp3) is 0.556. The standard InChI is InChI=1S/C18H21N5O2/c24-16-8-13-2-1-3-15(13)20-23(16)11-12-9-21(10-12)17-18(25)22(7-6-19-17)14-4-5-14/h6-8,12,14H,1-5,9-11H2.